The van der Waals surface area contributed by atoms with E-state index in [0.29, 0.717) is 12.4 Å². The first-order valence-electron chi connectivity index (χ1n) is 6.72. The molecule has 2 rings (SSSR count). The molecule has 0 radical (unpaired) electrons. The zero-order valence-electron chi connectivity index (χ0n) is 12.1. The van der Waals surface area contributed by atoms with Crippen LogP contribution in [0.5, 0.6) is 11.5 Å². The summed E-state index contributed by atoms with van der Waals surface area (Å²) >= 11 is 0. The highest BCUT2D eigenvalue weighted by molar-refractivity contribution is 5.91. The summed E-state index contributed by atoms with van der Waals surface area (Å²) in [6.07, 6.45) is 0. The molecule has 0 amide bonds. The fourth-order valence-electron chi connectivity index (χ4n) is 1.88. The van der Waals surface area contributed by atoms with E-state index in [2.05, 4.69) is 0 Å². The van der Waals surface area contributed by atoms with E-state index < -0.39 is 5.97 Å². The third-order valence-corrected chi connectivity index (χ3v) is 3.00. The molecule has 110 valence electrons. The van der Waals surface area contributed by atoms with Crippen molar-refractivity contribution in [3.05, 3.63) is 59.2 Å². The molecule has 0 saturated heterocycles. The lowest BCUT2D eigenvalue weighted by atomic mass is 10.1. The van der Waals surface area contributed by atoms with Crippen molar-refractivity contribution in [2.75, 3.05) is 13.2 Å². The molecule has 2 aromatic carbocycles. The van der Waals surface area contributed by atoms with Gasteiger partial charge in [0, 0.05) is 0 Å². The summed E-state index contributed by atoms with van der Waals surface area (Å²) in [7, 11) is 0. The highest BCUT2D eigenvalue weighted by Crippen LogP contribution is 2.20. The van der Waals surface area contributed by atoms with Gasteiger partial charge < -0.3 is 14.6 Å². The maximum absolute atomic E-state index is 11.1. The van der Waals surface area contributed by atoms with E-state index in [4.69, 9.17) is 14.6 Å². The first-order chi connectivity index (χ1) is 10.1. The van der Waals surface area contributed by atoms with E-state index in [0.717, 1.165) is 11.3 Å². The second kappa shape index (κ2) is 6.79. The monoisotopic (exact) mass is 286 g/mol. The number of hydrogen-bond acceptors (Lipinski definition) is 3. The van der Waals surface area contributed by atoms with Gasteiger partial charge >= 0.3 is 5.97 Å². The Morgan fingerprint density at radius 1 is 0.952 bits per heavy atom. The van der Waals surface area contributed by atoms with Crippen LogP contribution in [0, 0.1) is 13.8 Å². The van der Waals surface area contributed by atoms with E-state index >= 15 is 0 Å². The van der Waals surface area contributed by atoms with Gasteiger partial charge in [0.05, 0.1) is 0 Å². The third kappa shape index (κ3) is 4.24. The molecule has 2 aromatic rings. The van der Waals surface area contributed by atoms with Gasteiger partial charge in [0.15, 0.2) is 0 Å². The van der Waals surface area contributed by atoms with E-state index in [9.17, 15) is 4.79 Å². The van der Waals surface area contributed by atoms with Crippen LogP contribution in [0.4, 0.5) is 0 Å². The van der Waals surface area contributed by atoms with Crippen LogP contribution in [0.15, 0.2) is 42.5 Å². The Bertz CT molecular complexity index is 617. The quantitative estimate of drug-likeness (QED) is 0.826. The lowest BCUT2D eigenvalue weighted by Crippen LogP contribution is -2.11. The second-order valence-electron chi connectivity index (χ2n) is 4.81. The summed E-state index contributed by atoms with van der Waals surface area (Å²) in [4.78, 5) is 11.1. The van der Waals surface area contributed by atoms with Crippen molar-refractivity contribution in [3.63, 3.8) is 0 Å². The van der Waals surface area contributed by atoms with Crippen LogP contribution in [0.1, 0.15) is 21.5 Å². The molecule has 0 heterocycles. The molecule has 1 N–H and O–H groups in total. The zero-order valence-corrected chi connectivity index (χ0v) is 12.1. The average molecular weight is 286 g/mol. The van der Waals surface area contributed by atoms with Gasteiger partial charge in [-0.25, -0.2) is 4.79 Å². The van der Waals surface area contributed by atoms with Crippen molar-refractivity contribution in [2.24, 2.45) is 0 Å². The van der Waals surface area contributed by atoms with Crippen LogP contribution >= 0.6 is 0 Å². The summed E-state index contributed by atoms with van der Waals surface area (Å²) in [5, 5.41) is 9.14. The van der Waals surface area contributed by atoms with Gasteiger partial charge in [-0.15, -0.1) is 0 Å². The molecule has 0 fully saturated rings. The van der Waals surface area contributed by atoms with Gasteiger partial charge in [0.2, 0.25) is 0 Å². The number of carboxylic acids is 1. The number of carbonyl (C=O) groups is 1. The third-order valence-electron chi connectivity index (χ3n) is 3.00. The SMILES string of the molecule is Cc1ccc(OCCOc2ccc(C)cc2C(=O)O)cc1. The number of aromatic carboxylic acids is 1. The normalized spacial score (nSPS) is 10.2. The molecule has 4 nitrogen and oxygen atoms in total. The average Bonchev–Trinajstić information content (AvgIpc) is 2.46. The molecule has 0 unspecified atom stereocenters. The number of hydrogen-bond donors (Lipinski definition) is 1. The predicted molar refractivity (Wildman–Crippen MR) is 80.3 cm³/mol. The second-order valence-corrected chi connectivity index (χ2v) is 4.81. The van der Waals surface area contributed by atoms with Crippen LogP contribution in [-0.2, 0) is 0 Å². The topological polar surface area (TPSA) is 55.8 Å². The van der Waals surface area contributed by atoms with Gasteiger partial charge in [-0.2, -0.15) is 0 Å². The summed E-state index contributed by atoms with van der Waals surface area (Å²) in [5.74, 6) is 0.139. The summed E-state index contributed by atoms with van der Waals surface area (Å²) in [6.45, 7) is 4.50. The van der Waals surface area contributed by atoms with Crippen molar-refractivity contribution in [2.45, 2.75) is 13.8 Å². The zero-order chi connectivity index (χ0) is 15.2. The molecule has 0 spiro atoms. The molecule has 0 aliphatic rings. The molecule has 0 aliphatic carbocycles. The van der Waals surface area contributed by atoms with Crippen molar-refractivity contribution in [1.82, 2.24) is 0 Å². The summed E-state index contributed by atoms with van der Waals surface area (Å²) < 4.78 is 11.0. The van der Waals surface area contributed by atoms with Gasteiger partial charge in [0.25, 0.3) is 0 Å². The van der Waals surface area contributed by atoms with Gasteiger partial charge in [-0.3, -0.25) is 0 Å². The Hall–Kier alpha value is -2.49. The number of carboxylic acid groups (broad SMARTS) is 1. The van der Waals surface area contributed by atoms with Crippen molar-refractivity contribution >= 4 is 5.97 Å². The lowest BCUT2D eigenvalue weighted by Gasteiger charge is -2.11. The Balaban J connectivity index is 1.89. The fraction of sp³-hybridized carbons (Fsp3) is 0.235. The molecule has 0 saturated carbocycles. The number of rotatable bonds is 6. The van der Waals surface area contributed by atoms with Crippen LogP contribution in [-0.4, -0.2) is 24.3 Å². The predicted octanol–water partition coefficient (Wildman–Crippen LogP) is 3.46. The van der Waals surface area contributed by atoms with Crippen LogP contribution in [0.3, 0.4) is 0 Å². The largest absolute Gasteiger partial charge is 0.490 e. The lowest BCUT2D eigenvalue weighted by molar-refractivity contribution is 0.0691. The standard InChI is InChI=1S/C17H18O4/c1-12-3-6-14(7-4-12)20-9-10-21-16-8-5-13(2)11-15(16)17(18)19/h3-8,11H,9-10H2,1-2H3,(H,18,19). The molecule has 0 bridgehead atoms. The van der Waals surface area contributed by atoms with Crippen molar-refractivity contribution in [1.29, 1.82) is 0 Å². The number of aryl methyl sites for hydroxylation is 2. The van der Waals surface area contributed by atoms with E-state index in [1.807, 2.05) is 44.2 Å². The molecular formula is C17H18O4. The van der Waals surface area contributed by atoms with Gasteiger partial charge in [0.1, 0.15) is 30.3 Å². The smallest absolute Gasteiger partial charge is 0.339 e. The minimum Gasteiger partial charge on any atom is -0.490 e. The molecule has 0 aromatic heterocycles. The van der Waals surface area contributed by atoms with Gasteiger partial charge in [-0.05, 0) is 38.1 Å². The van der Waals surface area contributed by atoms with Crippen LogP contribution < -0.4 is 9.47 Å². The molecule has 4 heteroatoms. The van der Waals surface area contributed by atoms with Crippen molar-refractivity contribution in [3.8, 4) is 11.5 Å². The number of ether oxygens (including phenoxy) is 2. The van der Waals surface area contributed by atoms with Gasteiger partial charge in [-0.1, -0.05) is 29.3 Å². The van der Waals surface area contributed by atoms with E-state index in [-0.39, 0.29) is 12.2 Å². The summed E-state index contributed by atoms with van der Waals surface area (Å²) in [6, 6.07) is 12.8. The Kier molecular flexibility index (Phi) is 4.82. The highest BCUT2D eigenvalue weighted by Gasteiger charge is 2.11. The minimum absolute atomic E-state index is 0.172. The Labute approximate surface area is 123 Å². The fourth-order valence-corrected chi connectivity index (χ4v) is 1.88. The maximum atomic E-state index is 11.1. The Morgan fingerprint density at radius 3 is 2.24 bits per heavy atom. The van der Waals surface area contributed by atoms with E-state index in [1.165, 1.54) is 5.56 Å². The molecule has 21 heavy (non-hydrogen) atoms. The minimum atomic E-state index is -0.992. The molecular weight excluding hydrogens is 268 g/mol. The summed E-state index contributed by atoms with van der Waals surface area (Å²) in [5.41, 5.74) is 2.23. The maximum Gasteiger partial charge on any atom is 0.339 e. The first-order valence-corrected chi connectivity index (χ1v) is 6.72. The first kappa shape index (κ1) is 14.9. The Morgan fingerprint density at radius 2 is 1.57 bits per heavy atom. The number of benzene rings is 2. The van der Waals surface area contributed by atoms with Crippen molar-refractivity contribution < 1.29 is 19.4 Å². The highest BCUT2D eigenvalue weighted by atomic mass is 16.5. The van der Waals surface area contributed by atoms with Crippen LogP contribution in [0.2, 0.25) is 0 Å². The molecule has 0 aliphatic heterocycles. The van der Waals surface area contributed by atoms with Crippen LogP contribution in [0.25, 0.3) is 0 Å². The molecule has 0 atom stereocenters. The van der Waals surface area contributed by atoms with E-state index in [1.54, 1.807) is 12.1 Å².